The molecule has 0 saturated carbocycles. The van der Waals surface area contributed by atoms with Crippen molar-refractivity contribution in [3.05, 3.63) is 23.3 Å². The van der Waals surface area contributed by atoms with Crippen LogP contribution in [-0.4, -0.2) is 89.5 Å². The summed E-state index contributed by atoms with van der Waals surface area (Å²) in [6, 6.07) is 0. The zero-order chi connectivity index (χ0) is 26.1. The highest BCUT2D eigenvalue weighted by atomic mass is 32.2. The number of sulfonamides is 1. The monoisotopic (exact) mass is 519 g/mol. The van der Waals surface area contributed by atoms with Gasteiger partial charge in [0.2, 0.25) is 10.0 Å². The van der Waals surface area contributed by atoms with E-state index < -0.39 is 10.0 Å². The third-order valence-electron chi connectivity index (χ3n) is 9.62. The van der Waals surface area contributed by atoms with Gasteiger partial charge in [0.1, 0.15) is 6.33 Å². The molecule has 0 aliphatic carbocycles. The van der Waals surface area contributed by atoms with Crippen molar-refractivity contribution >= 4 is 15.9 Å². The van der Waals surface area contributed by atoms with Crippen molar-refractivity contribution in [1.82, 2.24) is 24.1 Å². The van der Waals surface area contributed by atoms with Crippen molar-refractivity contribution in [2.75, 3.05) is 45.5 Å². The Morgan fingerprint density at radius 3 is 2.14 bits per heavy atom. The van der Waals surface area contributed by atoms with Gasteiger partial charge in [0, 0.05) is 31.7 Å². The summed E-state index contributed by atoms with van der Waals surface area (Å²) in [6.45, 7) is 13.4. The second kappa shape index (κ2) is 10.7. The summed E-state index contributed by atoms with van der Waals surface area (Å²) >= 11 is 0. The molecule has 36 heavy (non-hydrogen) atoms. The van der Waals surface area contributed by atoms with Crippen LogP contribution in [0.2, 0.25) is 0 Å². The van der Waals surface area contributed by atoms with Gasteiger partial charge in [-0.2, -0.15) is 0 Å². The SMILES string of the molecule is CCCCC1CN(S(C)(=O)=O)CCC12CCN(C1(C)CCN(C(=O)c3c(C)ncnc3C)CC1)CC2. The molecule has 202 valence electrons. The molecule has 1 unspecified atom stereocenters. The Morgan fingerprint density at radius 2 is 1.58 bits per heavy atom. The van der Waals surface area contributed by atoms with E-state index in [1.54, 1.807) is 4.31 Å². The average molecular weight is 520 g/mol. The molecule has 1 aromatic rings. The molecule has 1 spiro atoms. The number of carbonyl (C=O) groups excluding carboxylic acids is 1. The molecule has 1 aromatic heterocycles. The number of aryl methyl sites for hydroxylation is 2. The highest BCUT2D eigenvalue weighted by Gasteiger charge is 2.48. The standard InChI is InChI=1S/C27H45N5O3S/c1-6-7-8-23-19-32(36(5,34)35)18-13-27(23)11-16-31(17-12-27)26(4)9-14-30(15-10-26)25(33)24-21(2)28-20-29-22(24)3/h20,23H,6-19H2,1-5H3. The number of unbranched alkanes of at least 4 members (excludes halogenated alkanes) is 1. The van der Waals surface area contributed by atoms with Crippen LogP contribution in [0.5, 0.6) is 0 Å². The highest BCUT2D eigenvalue weighted by Crippen LogP contribution is 2.49. The molecule has 4 heterocycles. The first-order chi connectivity index (χ1) is 17.0. The fourth-order valence-corrected chi connectivity index (χ4v) is 7.82. The van der Waals surface area contributed by atoms with Gasteiger partial charge in [0.05, 0.1) is 23.2 Å². The van der Waals surface area contributed by atoms with E-state index in [2.05, 4.69) is 28.7 Å². The van der Waals surface area contributed by atoms with Crippen LogP contribution in [0.15, 0.2) is 6.33 Å². The summed E-state index contributed by atoms with van der Waals surface area (Å²) in [5.41, 5.74) is 2.52. The number of likely N-dealkylation sites (tertiary alicyclic amines) is 2. The summed E-state index contributed by atoms with van der Waals surface area (Å²) in [5, 5.41) is 0. The Balaban J connectivity index is 1.38. The molecule has 0 bridgehead atoms. The van der Waals surface area contributed by atoms with Gasteiger partial charge in [-0.1, -0.05) is 19.8 Å². The van der Waals surface area contributed by atoms with E-state index in [0.717, 1.165) is 82.5 Å². The number of amides is 1. The zero-order valence-electron chi connectivity index (χ0n) is 22.9. The Bertz CT molecular complexity index is 1020. The molecule has 9 heteroatoms. The van der Waals surface area contributed by atoms with Crippen molar-refractivity contribution in [2.45, 2.75) is 84.6 Å². The van der Waals surface area contributed by atoms with E-state index in [4.69, 9.17) is 0 Å². The molecule has 4 rings (SSSR count). The third-order valence-corrected chi connectivity index (χ3v) is 10.9. The van der Waals surface area contributed by atoms with Gasteiger partial charge in [-0.05, 0) is 83.7 Å². The van der Waals surface area contributed by atoms with Gasteiger partial charge in [-0.25, -0.2) is 22.7 Å². The number of nitrogens with zero attached hydrogens (tertiary/aromatic N) is 5. The average Bonchev–Trinajstić information content (AvgIpc) is 2.83. The summed E-state index contributed by atoms with van der Waals surface area (Å²) in [6.07, 6.45) is 11.6. The van der Waals surface area contributed by atoms with Crippen LogP contribution < -0.4 is 0 Å². The summed E-state index contributed by atoms with van der Waals surface area (Å²) in [7, 11) is -3.13. The molecule has 0 radical (unpaired) electrons. The minimum atomic E-state index is -3.13. The van der Waals surface area contributed by atoms with E-state index in [9.17, 15) is 13.2 Å². The number of aromatic nitrogens is 2. The molecule has 3 aliphatic heterocycles. The molecule has 0 N–H and O–H groups in total. The molecular formula is C27H45N5O3S. The minimum Gasteiger partial charge on any atom is -0.338 e. The molecule has 3 aliphatic rings. The van der Waals surface area contributed by atoms with Crippen molar-refractivity contribution < 1.29 is 13.2 Å². The minimum absolute atomic E-state index is 0.0571. The first-order valence-electron chi connectivity index (χ1n) is 13.8. The van der Waals surface area contributed by atoms with E-state index in [-0.39, 0.29) is 16.9 Å². The second-order valence-corrected chi connectivity index (χ2v) is 13.8. The van der Waals surface area contributed by atoms with Crippen LogP contribution in [0.25, 0.3) is 0 Å². The first-order valence-corrected chi connectivity index (χ1v) is 15.6. The van der Waals surface area contributed by atoms with Gasteiger partial charge in [-0.3, -0.25) is 9.69 Å². The fraction of sp³-hybridized carbons (Fsp3) is 0.815. The molecule has 1 atom stereocenters. The maximum absolute atomic E-state index is 13.2. The molecule has 8 nitrogen and oxygen atoms in total. The lowest BCUT2D eigenvalue weighted by Crippen LogP contribution is -2.60. The van der Waals surface area contributed by atoms with Crippen LogP contribution in [0, 0.1) is 25.2 Å². The van der Waals surface area contributed by atoms with Crippen molar-refractivity contribution in [1.29, 1.82) is 0 Å². The van der Waals surface area contributed by atoms with Crippen LogP contribution in [0.4, 0.5) is 0 Å². The number of hydrogen-bond donors (Lipinski definition) is 0. The van der Waals surface area contributed by atoms with E-state index in [0.29, 0.717) is 24.6 Å². The molecule has 3 fully saturated rings. The van der Waals surface area contributed by atoms with E-state index >= 15 is 0 Å². The lowest BCUT2D eigenvalue weighted by Gasteiger charge is -2.55. The maximum Gasteiger partial charge on any atom is 0.257 e. The van der Waals surface area contributed by atoms with Crippen LogP contribution in [-0.2, 0) is 10.0 Å². The van der Waals surface area contributed by atoms with Crippen molar-refractivity contribution in [3.8, 4) is 0 Å². The van der Waals surface area contributed by atoms with Gasteiger partial charge in [0.15, 0.2) is 0 Å². The predicted molar refractivity (Wildman–Crippen MR) is 142 cm³/mol. The molecule has 3 saturated heterocycles. The lowest BCUT2D eigenvalue weighted by atomic mass is 9.63. The third kappa shape index (κ3) is 5.48. The predicted octanol–water partition coefficient (Wildman–Crippen LogP) is 3.64. The van der Waals surface area contributed by atoms with E-state index in [1.807, 2.05) is 18.7 Å². The Labute approximate surface area is 217 Å². The van der Waals surface area contributed by atoms with Crippen LogP contribution >= 0.6 is 0 Å². The Hall–Kier alpha value is -1.58. The second-order valence-electron chi connectivity index (χ2n) is 11.8. The van der Waals surface area contributed by atoms with E-state index in [1.165, 1.54) is 19.0 Å². The zero-order valence-corrected chi connectivity index (χ0v) is 23.7. The fourth-order valence-electron chi connectivity index (χ4n) is 6.95. The number of hydrogen-bond acceptors (Lipinski definition) is 6. The smallest absolute Gasteiger partial charge is 0.257 e. The maximum atomic E-state index is 13.2. The first kappa shape index (κ1) is 27.5. The number of carbonyl (C=O) groups is 1. The van der Waals surface area contributed by atoms with Gasteiger partial charge >= 0.3 is 0 Å². The Kier molecular flexibility index (Phi) is 8.12. The van der Waals surface area contributed by atoms with Crippen molar-refractivity contribution in [2.24, 2.45) is 11.3 Å². The largest absolute Gasteiger partial charge is 0.338 e. The number of rotatable bonds is 6. The van der Waals surface area contributed by atoms with Gasteiger partial charge in [-0.15, -0.1) is 0 Å². The quantitative estimate of drug-likeness (QED) is 0.570. The van der Waals surface area contributed by atoms with Crippen LogP contribution in [0.1, 0.15) is 87.0 Å². The normalized spacial score (nSPS) is 25.2. The molecule has 1 amide bonds. The highest BCUT2D eigenvalue weighted by molar-refractivity contribution is 7.88. The summed E-state index contributed by atoms with van der Waals surface area (Å²) in [4.78, 5) is 26.4. The van der Waals surface area contributed by atoms with Gasteiger partial charge in [0.25, 0.3) is 5.91 Å². The Morgan fingerprint density at radius 1 is 1.00 bits per heavy atom. The van der Waals surface area contributed by atoms with Crippen LogP contribution in [0.3, 0.4) is 0 Å². The molecule has 0 aromatic carbocycles. The van der Waals surface area contributed by atoms with Gasteiger partial charge < -0.3 is 4.90 Å². The topological polar surface area (TPSA) is 86.7 Å². The summed E-state index contributed by atoms with van der Waals surface area (Å²) < 4.78 is 26.2. The summed E-state index contributed by atoms with van der Waals surface area (Å²) in [5.74, 6) is 0.511. The number of piperidine rings is 3. The lowest BCUT2D eigenvalue weighted by molar-refractivity contribution is -0.0482. The van der Waals surface area contributed by atoms with Crippen molar-refractivity contribution in [3.63, 3.8) is 0 Å². The molecular weight excluding hydrogens is 474 g/mol.